The zero-order valence-electron chi connectivity index (χ0n) is 8.82. The van der Waals surface area contributed by atoms with Gasteiger partial charge in [-0.25, -0.2) is 14.6 Å². The van der Waals surface area contributed by atoms with Gasteiger partial charge in [-0.1, -0.05) is 0 Å². The second-order valence-electron chi connectivity index (χ2n) is 3.36. The number of aromatic nitrogens is 4. The van der Waals surface area contributed by atoms with Crippen molar-refractivity contribution in [2.24, 2.45) is 0 Å². The van der Waals surface area contributed by atoms with Crippen LogP contribution in [0.4, 0.5) is 0 Å². The first-order chi connectivity index (χ1) is 7.09. The standard InChI is InChI=1S/C10H11BrN4/c1-6-10(11)7(2)15(14-6)9-4-5-12-8(3)13-9/h4-5H,1-3H3. The molecule has 0 unspecified atom stereocenters. The third-order valence-corrected chi connectivity index (χ3v) is 3.33. The number of rotatable bonds is 1. The minimum absolute atomic E-state index is 0.746. The summed E-state index contributed by atoms with van der Waals surface area (Å²) in [6.45, 7) is 5.83. The van der Waals surface area contributed by atoms with E-state index in [4.69, 9.17) is 0 Å². The highest BCUT2D eigenvalue weighted by Crippen LogP contribution is 2.21. The van der Waals surface area contributed by atoms with E-state index in [9.17, 15) is 0 Å². The fourth-order valence-corrected chi connectivity index (χ4v) is 1.66. The largest absolute Gasteiger partial charge is 0.242 e. The van der Waals surface area contributed by atoms with E-state index in [1.807, 2.05) is 31.5 Å². The van der Waals surface area contributed by atoms with Gasteiger partial charge in [0.15, 0.2) is 5.82 Å². The summed E-state index contributed by atoms with van der Waals surface area (Å²) >= 11 is 3.49. The summed E-state index contributed by atoms with van der Waals surface area (Å²) in [5, 5.41) is 4.40. The van der Waals surface area contributed by atoms with E-state index in [0.717, 1.165) is 27.5 Å². The Hall–Kier alpha value is -1.23. The Labute approximate surface area is 96.5 Å². The molecule has 2 aromatic rings. The molecule has 5 heteroatoms. The van der Waals surface area contributed by atoms with Crippen LogP contribution in [-0.2, 0) is 0 Å². The van der Waals surface area contributed by atoms with Crippen LogP contribution in [-0.4, -0.2) is 19.7 Å². The summed E-state index contributed by atoms with van der Waals surface area (Å²) < 4.78 is 2.84. The van der Waals surface area contributed by atoms with Gasteiger partial charge in [-0.15, -0.1) is 0 Å². The number of halogens is 1. The Kier molecular flexibility index (Phi) is 2.56. The summed E-state index contributed by atoms with van der Waals surface area (Å²) in [5.74, 6) is 1.55. The maximum absolute atomic E-state index is 4.40. The first-order valence-corrected chi connectivity index (χ1v) is 5.40. The average Bonchev–Trinajstić information content (AvgIpc) is 2.46. The van der Waals surface area contributed by atoms with E-state index in [-0.39, 0.29) is 0 Å². The molecule has 0 aliphatic carbocycles. The second-order valence-corrected chi connectivity index (χ2v) is 4.15. The highest BCUT2D eigenvalue weighted by atomic mass is 79.9. The van der Waals surface area contributed by atoms with Crippen LogP contribution in [0.3, 0.4) is 0 Å². The molecule has 0 spiro atoms. The molecule has 2 aromatic heterocycles. The highest BCUT2D eigenvalue weighted by Gasteiger charge is 2.10. The van der Waals surface area contributed by atoms with Crippen LogP contribution in [0.2, 0.25) is 0 Å². The molecular formula is C10H11BrN4. The molecule has 0 radical (unpaired) electrons. The lowest BCUT2D eigenvalue weighted by Gasteiger charge is -2.03. The van der Waals surface area contributed by atoms with Crippen molar-refractivity contribution in [1.82, 2.24) is 19.7 Å². The predicted molar refractivity (Wildman–Crippen MR) is 61.1 cm³/mol. The second kappa shape index (κ2) is 3.73. The zero-order chi connectivity index (χ0) is 11.0. The number of aryl methyl sites for hydroxylation is 2. The predicted octanol–water partition coefficient (Wildman–Crippen LogP) is 2.35. The molecule has 4 nitrogen and oxygen atoms in total. The Bertz CT molecular complexity index is 504. The molecule has 0 aromatic carbocycles. The normalized spacial score (nSPS) is 10.7. The Morgan fingerprint density at radius 2 is 2.00 bits per heavy atom. The van der Waals surface area contributed by atoms with Gasteiger partial charge in [-0.3, -0.25) is 0 Å². The van der Waals surface area contributed by atoms with E-state index < -0.39 is 0 Å². The van der Waals surface area contributed by atoms with Crippen molar-refractivity contribution in [1.29, 1.82) is 0 Å². The molecule has 0 saturated heterocycles. The van der Waals surface area contributed by atoms with Crippen LogP contribution in [0, 0.1) is 20.8 Å². The van der Waals surface area contributed by atoms with E-state index in [1.165, 1.54) is 0 Å². The highest BCUT2D eigenvalue weighted by molar-refractivity contribution is 9.10. The number of nitrogens with zero attached hydrogens (tertiary/aromatic N) is 4. The minimum atomic E-state index is 0.746. The lowest BCUT2D eigenvalue weighted by atomic mass is 10.4. The molecular weight excluding hydrogens is 256 g/mol. The molecule has 0 aliphatic heterocycles. The Balaban J connectivity index is 2.59. The van der Waals surface area contributed by atoms with Gasteiger partial charge in [0.1, 0.15) is 5.82 Å². The summed E-state index contributed by atoms with van der Waals surface area (Å²) in [4.78, 5) is 8.39. The smallest absolute Gasteiger partial charge is 0.157 e. The van der Waals surface area contributed by atoms with Crippen LogP contribution in [0.15, 0.2) is 16.7 Å². The quantitative estimate of drug-likeness (QED) is 0.796. The van der Waals surface area contributed by atoms with Crippen molar-refractivity contribution < 1.29 is 0 Å². The van der Waals surface area contributed by atoms with Crippen molar-refractivity contribution in [3.63, 3.8) is 0 Å². The van der Waals surface area contributed by atoms with Crippen LogP contribution >= 0.6 is 15.9 Å². The Morgan fingerprint density at radius 3 is 2.53 bits per heavy atom. The van der Waals surface area contributed by atoms with Gasteiger partial charge >= 0.3 is 0 Å². The van der Waals surface area contributed by atoms with Crippen molar-refractivity contribution >= 4 is 15.9 Å². The van der Waals surface area contributed by atoms with Crippen LogP contribution in [0.5, 0.6) is 0 Å². The van der Waals surface area contributed by atoms with E-state index >= 15 is 0 Å². The van der Waals surface area contributed by atoms with E-state index in [0.29, 0.717) is 0 Å². The number of hydrogen-bond donors (Lipinski definition) is 0. The SMILES string of the molecule is Cc1nccc(-n2nc(C)c(Br)c2C)n1. The summed E-state index contributed by atoms with van der Waals surface area (Å²) in [7, 11) is 0. The van der Waals surface area contributed by atoms with E-state index in [1.54, 1.807) is 6.20 Å². The first-order valence-electron chi connectivity index (χ1n) is 4.61. The lowest BCUT2D eigenvalue weighted by Crippen LogP contribution is -2.03. The topological polar surface area (TPSA) is 43.6 Å². The fourth-order valence-electron chi connectivity index (χ4n) is 1.41. The third kappa shape index (κ3) is 1.79. The maximum Gasteiger partial charge on any atom is 0.157 e. The van der Waals surface area contributed by atoms with Crippen molar-refractivity contribution in [2.75, 3.05) is 0 Å². The van der Waals surface area contributed by atoms with Gasteiger partial charge in [-0.2, -0.15) is 5.10 Å². The fraction of sp³-hybridized carbons (Fsp3) is 0.300. The monoisotopic (exact) mass is 266 g/mol. The molecule has 0 bridgehead atoms. The molecule has 0 N–H and O–H groups in total. The lowest BCUT2D eigenvalue weighted by molar-refractivity contribution is 0.792. The average molecular weight is 267 g/mol. The van der Waals surface area contributed by atoms with Gasteiger partial charge < -0.3 is 0 Å². The minimum Gasteiger partial charge on any atom is -0.242 e. The first kappa shape index (κ1) is 10.3. The molecule has 2 rings (SSSR count). The maximum atomic E-state index is 4.40. The molecule has 78 valence electrons. The third-order valence-electron chi connectivity index (χ3n) is 2.18. The molecule has 0 saturated carbocycles. The van der Waals surface area contributed by atoms with Crippen molar-refractivity contribution in [3.8, 4) is 5.82 Å². The Morgan fingerprint density at radius 1 is 1.27 bits per heavy atom. The molecule has 0 aliphatic rings. The number of hydrogen-bond acceptors (Lipinski definition) is 3. The van der Waals surface area contributed by atoms with Crippen molar-refractivity contribution in [3.05, 3.63) is 33.9 Å². The van der Waals surface area contributed by atoms with Crippen LogP contribution in [0.1, 0.15) is 17.2 Å². The van der Waals surface area contributed by atoms with Gasteiger partial charge in [0.2, 0.25) is 0 Å². The molecule has 0 fully saturated rings. The van der Waals surface area contributed by atoms with Gasteiger partial charge in [-0.05, 0) is 36.7 Å². The van der Waals surface area contributed by atoms with Gasteiger partial charge in [0.25, 0.3) is 0 Å². The zero-order valence-corrected chi connectivity index (χ0v) is 10.4. The summed E-state index contributed by atoms with van der Waals surface area (Å²) in [6.07, 6.45) is 1.74. The molecule has 15 heavy (non-hydrogen) atoms. The van der Waals surface area contributed by atoms with Crippen LogP contribution < -0.4 is 0 Å². The van der Waals surface area contributed by atoms with Gasteiger partial charge in [0, 0.05) is 12.3 Å². The summed E-state index contributed by atoms with van der Waals surface area (Å²) in [6, 6.07) is 1.85. The molecule has 0 amide bonds. The van der Waals surface area contributed by atoms with Crippen LogP contribution in [0.25, 0.3) is 5.82 Å². The molecule has 2 heterocycles. The van der Waals surface area contributed by atoms with Crippen molar-refractivity contribution in [2.45, 2.75) is 20.8 Å². The van der Waals surface area contributed by atoms with E-state index in [2.05, 4.69) is 31.0 Å². The molecule has 0 atom stereocenters. The van der Waals surface area contributed by atoms with Gasteiger partial charge in [0.05, 0.1) is 15.9 Å². The summed E-state index contributed by atoms with van der Waals surface area (Å²) in [5.41, 5.74) is 2.01.